The average molecular weight is 308 g/mol. The second-order valence-corrected chi connectivity index (χ2v) is 6.26. The van der Waals surface area contributed by atoms with E-state index >= 15 is 0 Å². The molecule has 0 aliphatic rings. The summed E-state index contributed by atoms with van der Waals surface area (Å²) in [5.74, 6) is 1.43. The van der Waals surface area contributed by atoms with E-state index < -0.39 is 5.69 Å². The zero-order chi connectivity index (χ0) is 15.6. The summed E-state index contributed by atoms with van der Waals surface area (Å²) in [6.45, 7) is 6.76. The Balaban J connectivity index is 2.66. The lowest BCUT2D eigenvalue weighted by Crippen LogP contribution is -2.29. The molecule has 0 aliphatic carbocycles. The van der Waals surface area contributed by atoms with Crippen LogP contribution in [0.15, 0.2) is 26.9 Å². The maximum Gasteiger partial charge on any atom is 0.329 e. The number of hydrogen-bond acceptors (Lipinski definition) is 4. The summed E-state index contributed by atoms with van der Waals surface area (Å²) in [6.07, 6.45) is 3.89. The molecule has 0 spiro atoms. The molecule has 0 radical (unpaired) electrons. The molecule has 21 heavy (non-hydrogen) atoms. The Labute approximate surface area is 126 Å². The maximum atomic E-state index is 12.1. The highest BCUT2D eigenvalue weighted by Gasteiger charge is 2.17. The molecule has 2 heterocycles. The molecular formula is C14H20N4O2S. The minimum Gasteiger partial charge on any atom is -0.309 e. The van der Waals surface area contributed by atoms with Crippen LogP contribution in [0, 0.1) is 5.92 Å². The van der Waals surface area contributed by atoms with Crippen molar-refractivity contribution in [2.75, 3.05) is 5.75 Å². The average Bonchev–Trinajstić information content (AvgIpc) is 2.79. The van der Waals surface area contributed by atoms with Crippen LogP contribution >= 0.6 is 11.8 Å². The van der Waals surface area contributed by atoms with Crippen LogP contribution in [0.4, 0.5) is 0 Å². The van der Waals surface area contributed by atoms with Gasteiger partial charge in [0, 0.05) is 19.3 Å². The smallest absolute Gasteiger partial charge is 0.309 e. The minimum absolute atomic E-state index is 0.387. The fraction of sp³-hybridized carbons (Fsp3) is 0.500. The lowest BCUT2D eigenvalue weighted by Gasteiger charge is -2.07. The number of thioether (sulfide) groups is 1. The Hall–Kier alpha value is -1.76. The first kappa shape index (κ1) is 15.6. The number of hydrogen-bond donors (Lipinski definition) is 1. The molecule has 0 unspecified atom stereocenters. The third-order valence-corrected chi connectivity index (χ3v) is 4.44. The molecule has 0 aliphatic heterocycles. The van der Waals surface area contributed by atoms with E-state index in [9.17, 15) is 9.59 Å². The number of H-pyrrole nitrogens is 1. The fourth-order valence-electron chi connectivity index (χ4n) is 1.95. The van der Waals surface area contributed by atoms with Crippen LogP contribution in [-0.4, -0.2) is 24.9 Å². The number of allylic oxidation sites excluding steroid dienone is 2. The largest absolute Gasteiger partial charge is 0.329 e. The Morgan fingerprint density at radius 2 is 2.10 bits per heavy atom. The zero-order valence-corrected chi connectivity index (χ0v) is 13.5. The number of nitrogens with zero attached hydrogens (tertiary/aromatic N) is 3. The Bertz CT molecular complexity index is 783. The number of aromatic nitrogens is 4. The van der Waals surface area contributed by atoms with Gasteiger partial charge in [-0.1, -0.05) is 37.8 Å². The number of imidazole rings is 1. The highest BCUT2D eigenvalue weighted by Crippen LogP contribution is 2.23. The van der Waals surface area contributed by atoms with E-state index in [1.165, 1.54) is 4.57 Å². The quantitative estimate of drug-likeness (QED) is 0.674. The fourth-order valence-corrected chi connectivity index (χ4v) is 2.90. The summed E-state index contributed by atoms with van der Waals surface area (Å²) >= 11 is 1.60. The Morgan fingerprint density at radius 3 is 2.71 bits per heavy atom. The van der Waals surface area contributed by atoms with E-state index in [0.29, 0.717) is 23.6 Å². The van der Waals surface area contributed by atoms with E-state index in [1.807, 2.05) is 23.6 Å². The van der Waals surface area contributed by atoms with E-state index in [4.69, 9.17) is 0 Å². The van der Waals surface area contributed by atoms with Crippen molar-refractivity contribution in [2.45, 2.75) is 32.5 Å². The van der Waals surface area contributed by atoms with Crippen molar-refractivity contribution in [3.05, 3.63) is 33.0 Å². The Morgan fingerprint density at radius 1 is 1.38 bits per heavy atom. The third kappa shape index (κ3) is 3.12. The molecule has 0 atom stereocenters. The maximum absolute atomic E-state index is 12.1. The van der Waals surface area contributed by atoms with E-state index in [0.717, 1.165) is 10.9 Å². The molecular weight excluding hydrogens is 288 g/mol. The summed E-state index contributed by atoms with van der Waals surface area (Å²) in [5.41, 5.74) is 0.0473. The van der Waals surface area contributed by atoms with Gasteiger partial charge in [0.05, 0.1) is 0 Å². The lowest BCUT2D eigenvalue weighted by atomic mass is 10.3. The number of rotatable bonds is 5. The van der Waals surface area contributed by atoms with Crippen molar-refractivity contribution in [1.82, 2.24) is 19.1 Å². The summed E-state index contributed by atoms with van der Waals surface area (Å²) in [6, 6.07) is 0. The summed E-state index contributed by atoms with van der Waals surface area (Å²) in [5, 5.41) is 0.767. The first-order valence-electron chi connectivity index (χ1n) is 6.89. The van der Waals surface area contributed by atoms with Gasteiger partial charge in [0.2, 0.25) is 0 Å². The SMILES string of the molecule is C/C=C/Cn1c(SCC(C)C)nc2c1c(=O)[nH]c(=O)n2C. The van der Waals surface area contributed by atoms with Gasteiger partial charge >= 0.3 is 5.69 Å². The minimum atomic E-state index is -0.441. The van der Waals surface area contributed by atoms with Crippen molar-refractivity contribution in [2.24, 2.45) is 13.0 Å². The van der Waals surface area contributed by atoms with Crippen LogP contribution in [0.2, 0.25) is 0 Å². The second-order valence-electron chi connectivity index (χ2n) is 5.27. The number of aromatic amines is 1. The molecule has 6 nitrogen and oxygen atoms in total. The first-order chi connectivity index (χ1) is 9.95. The van der Waals surface area contributed by atoms with Crippen LogP contribution in [0.1, 0.15) is 20.8 Å². The predicted octanol–water partition coefficient (Wildman–Crippen LogP) is 1.75. The third-order valence-electron chi connectivity index (χ3n) is 3.04. The molecule has 0 bridgehead atoms. The van der Waals surface area contributed by atoms with Crippen LogP contribution in [0.3, 0.4) is 0 Å². The second kappa shape index (κ2) is 6.34. The molecule has 1 N–H and O–H groups in total. The molecule has 2 aromatic heterocycles. The molecule has 0 aromatic carbocycles. The van der Waals surface area contributed by atoms with E-state index in [1.54, 1.807) is 18.8 Å². The summed E-state index contributed by atoms with van der Waals surface area (Å²) in [4.78, 5) is 30.6. The van der Waals surface area contributed by atoms with Gasteiger partial charge in [0.1, 0.15) is 0 Å². The lowest BCUT2D eigenvalue weighted by molar-refractivity contribution is 0.724. The van der Waals surface area contributed by atoms with Crippen molar-refractivity contribution in [3.8, 4) is 0 Å². The van der Waals surface area contributed by atoms with Gasteiger partial charge in [-0.25, -0.2) is 9.78 Å². The highest BCUT2D eigenvalue weighted by molar-refractivity contribution is 7.99. The highest BCUT2D eigenvalue weighted by atomic mass is 32.2. The monoisotopic (exact) mass is 308 g/mol. The molecule has 2 aromatic rings. The van der Waals surface area contributed by atoms with Crippen LogP contribution in [0.5, 0.6) is 0 Å². The van der Waals surface area contributed by atoms with Crippen molar-refractivity contribution in [3.63, 3.8) is 0 Å². The van der Waals surface area contributed by atoms with Crippen molar-refractivity contribution < 1.29 is 0 Å². The molecule has 0 saturated heterocycles. The molecule has 114 valence electrons. The normalized spacial score (nSPS) is 12.0. The molecule has 0 saturated carbocycles. The summed E-state index contributed by atoms with van der Waals surface area (Å²) in [7, 11) is 1.62. The first-order valence-corrected chi connectivity index (χ1v) is 7.87. The number of nitrogens with one attached hydrogen (secondary N) is 1. The number of fused-ring (bicyclic) bond motifs is 1. The van der Waals surface area contributed by atoms with Gasteiger partial charge < -0.3 is 4.57 Å². The van der Waals surface area contributed by atoms with Crippen LogP contribution in [0.25, 0.3) is 11.2 Å². The molecule has 0 amide bonds. The van der Waals surface area contributed by atoms with Gasteiger partial charge in [-0.05, 0) is 12.8 Å². The van der Waals surface area contributed by atoms with E-state index in [2.05, 4.69) is 23.8 Å². The molecule has 7 heteroatoms. The summed E-state index contributed by atoms with van der Waals surface area (Å²) < 4.78 is 3.24. The van der Waals surface area contributed by atoms with Gasteiger partial charge in [0.25, 0.3) is 5.56 Å². The van der Waals surface area contributed by atoms with Gasteiger partial charge in [-0.15, -0.1) is 0 Å². The van der Waals surface area contributed by atoms with Crippen molar-refractivity contribution >= 4 is 22.9 Å². The van der Waals surface area contributed by atoms with Gasteiger partial charge in [-0.3, -0.25) is 14.3 Å². The molecule has 0 fully saturated rings. The number of aryl methyl sites for hydroxylation is 1. The standard InChI is InChI=1S/C14H20N4O2S/c1-5-6-7-18-10-11(15-14(18)21-8-9(2)3)17(4)13(20)16-12(10)19/h5-6,9H,7-8H2,1-4H3,(H,16,19,20)/b6-5+. The van der Waals surface area contributed by atoms with E-state index in [-0.39, 0.29) is 5.56 Å². The molecule has 2 rings (SSSR count). The Kier molecular flexibility index (Phi) is 4.72. The predicted molar refractivity (Wildman–Crippen MR) is 86.0 cm³/mol. The zero-order valence-electron chi connectivity index (χ0n) is 12.7. The van der Waals surface area contributed by atoms with Gasteiger partial charge in [-0.2, -0.15) is 0 Å². The topological polar surface area (TPSA) is 72.7 Å². The van der Waals surface area contributed by atoms with Crippen LogP contribution < -0.4 is 11.2 Å². The van der Waals surface area contributed by atoms with Gasteiger partial charge in [0.15, 0.2) is 16.3 Å². The van der Waals surface area contributed by atoms with Crippen molar-refractivity contribution in [1.29, 1.82) is 0 Å². The van der Waals surface area contributed by atoms with Crippen LogP contribution in [-0.2, 0) is 13.6 Å².